The summed E-state index contributed by atoms with van der Waals surface area (Å²) >= 11 is 0. The maximum atomic E-state index is 11.4. The van der Waals surface area contributed by atoms with Gasteiger partial charge in [0, 0.05) is 32.4 Å². The third-order valence-electron chi connectivity index (χ3n) is 5.38. The maximum absolute atomic E-state index is 11.4. The number of hydrogen-bond acceptors (Lipinski definition) is 5. The van der Waals surface area contributed by atoms with E-state index in [4.69, 9.17) is 14.6 Å². The molecule has 0 aromatic rings. The lowest BCUT2D eigenvalue weighted by molar-refractivity contribution is -0.150. The quantitative estimate of drug-likeness (QED) is 0.768. The molecule has 0 aromatic carbocycles. The van der Waals surface area contributed by atoms with Crippen molar-refractivity contribution in [2.45, 2.75) is 55.4 Å². The number of nitrogens with two attached hydrogens (primary N) is 1. The van der Waals surface area contributed by atoms with Gasteiger partial charge in [0.25, 0.3) is 0 Å². The second-order valence-electron chi connectivity index (χ2n) is 6.70. The van der Waals surface area contributed by atoms with Crippen LogP contribution in [-0.4, -0.2) is 51.7 Å². The van der Waals surface area contributed by atoms with Gasteiger partial charge in [0.05, 0.1) is 10.9 Å². The lowest BCUT2D eigenvalue weighted by atomic mass is 9.76. The van der Waals surface area contributed by atoms with Gasteiger partial charge in [-0.25, -0.2) is 13.6 Å². The van der Waals surface area contributed by atoms with Gasteiger partial charge in [-0.2, -0.15) is 0 Å². The first kappa shape index (κ1) is 15.7. The summed E-state index contributed by atoms with van der Waals surface area (Å²) in [4.78, 5) is 0. The summed E-state index contributed by atoms with van der Waals surface area (Å²) in [7, 11) is -3.41. The van der Waals surface area contributed by atoms with E-state index in [0.717, 1.165) is 51.9 Å². The molecule has 3 atom stereocenters. The van der Waals surface area contributed by atoms with Crippen molar-refractivity contribution in [1.29, 1.82) is 0 Å². The van der Waals surface area contributed by atoms with Gasteiger partial charge in [-0.1, -0.05) is 0 Å². The second kappa shape index (κ2) is 6.12. The fraction of sp³-hybridized carbons (Fsp3) is 1.00. The Bertz CT molecular complexity index is 448. The van der Waals surface area contributed by atoms with Crippen molar-refractivity contribution in [2.75, 3.05) is 26.4 Å². The second-order valence-corrected chi connectivity index (χ2v) is 8.54. The summed E-state index contributed by atoms with van der Waals surface area (Å²) in [5, 5.41) is 8.24. The van der Waals surface area contributed by atoms with Crippen LogP contribution in [0.2, 0.25) is 0 Å². The average Bonchev–Trinajstić information content (AvgIpc) is 2.47. The van der Waals surface area contributed by atoms with Gasteiger partial charge in [-0.05, 0) is 44.4 Å². The van der Waals surface area contributed by atoms with E-state index < -0.39 is 15.3 Å². The average molecular weight is 318 g/mol. The Kier molecular flexibility index (Phi) is 4.57. The van der Waals surface area contributed by atoms with E-state index in [1.165, 1.54) is 0 Å². The minimum Gasteiger partial charge on any atom is -0.381 e. The van der Waals surface area contributed by atoms with Crippen LogP contribution in [0.5, 0.6) is 0 Å². The highest BCUT2D eigenvalue weighted by Gasteiger charge is 2.42. The minimum atomic E-state index is -3.41. The molecular weight excluding hydrogens is 292 g/mol. The molecule has 3 saturated heterocycles. The van der Waals surface area contributed by atoms with Crippen molar-refractivity contribution in [3.63, 3.8) is 0 Å². The molecule has 0 saturated carbocycles. The third kappa shape index (κ3) is 3.59. The summed E-state index contributed by atoms with van der Waals surface area (Å²) < 4.78 is 34.4. The van der Waals surface area contributed by atoms with E-state index in [9.17, 15) is 8.42 Å². The summed E-state index contributed by atoms with van der Waals surface area (Å²) in [5.74, 6) is 0.568. The predicted octanol–water partition coefficient (Wildman–Crippen LogP) is 0.371. The highest BCUT2D eigenvalue weighted by Crippen LogP contribution is 2.39. The smallest absolute Gasteiger partial charge is 0.213 e. The highest BCUT2D eigenvalue weighted by atomic mass is 32.2. The van der Waals surface area contributed by atoms with E-state index >= 15 is 0 Å². The van der Waals surface area contributed by atoms with Gasteiger partial charge in [0.15, 0.2) is 0 Å². The van der Waals surface area contributed by atoms with E-state index in [1.807, 2.05) is 0 Å². The molecule has 3 heterocycles. The molecule has 0 aliphatic carbocycles. The predicted molar refractivity (Wildman–Crippen MR) is 79.4 cm³/mol. The number of ether oxygens (including phenoxy) is 2. The van der Waals surface area contributed by atoms with E-state index in [2.05, 4.69) is 5.32 Å². The molecule has 3 rings (SSSR count). The molecule has 0 bridgehead atoms. The highest BCUT2D eigenvalue weighted by molar-refractivity contribution is 7.89. The number of hydrogen-bond donors (Lipinski definition) is 2. The number of nitrogens with one attached hydrogen (secondary N) is 1. The van der Waals surface area contributed by atoms with Crippen molar-refractivity contribution in [2.24, 2.45) is 11.1 Å². The first-order valence-electron chi connectivity index (χ1n) is 7.95. The Hall–Kier alpha value is -0.210. The maximum Gasteiger partial charge on any atom is 0.213 e. The Labute approximate surface area is 126 Å². The van der Waals surface area contributed by atoms with Gasteiger partial charge in [0.1, 0.15) is 0 Å². The van der Waals surface area contributed by atoms with Crippen LogP contribution in [0, 0.1) is 5.92 Å². The van der Waals surface area contributed by atoms with Crippen molar-refractivity contribution >= 4 is 10.0 Å². The fourth-order valence-corrected chi connectivity index (χ4v) is 4.83. The Morgan fingerprint density at radius 3 is 2.48 bits per heavy atom. The molecule has 3 fully saturated rings. The lowest BCUT2D eigenvalue weighted by Gasteiger charge is -2.46. The molecule has 0 amide bonds. The molecule has 122 valence electrons. The zero-order chi connectivity index (χ0) is 14.9. The molecule has 0 aromatic heterocycles. The minimum absolute atomic E-state index is 0.000358. The van der Waals surface area contributed by atoms with E-state index in [0.29, 0.717) is 24.9 Å². The zero-order valence-corrected chi connectivity index (χ0v) is 13.2. The molecular formula is C14H26N2O4S. The SMILES string of the molecule is NS(=O)(=O)C1CCC(C2CCOC3(CCOCC3)C2)NC1. The Morgan fingerprint density at radius 1 is 1.10 bits per heavy atom. The summed E-state index contributed by atoms with van der Waals surface area (Å²) in [5.41, 5.74) is -0.000358. The summed E-state index contributed by atoms with van der Waals surface area (Å²) in [6.45, 7) is 2.87. The normalized spacial score (nSPS) is 37.5. The molecule has 0 radical (unpaired) electrons. The molecule has 7 heteroatoms. The monoisotopic (exact) mass is 318 g/mol. The zero-order valence-electron chi connectivity index (χ0n) is 12.4. The van der Waals surface area contributed by atoms with Crippen LogP contribution in [0.4, 0.5) is 0 Å². The molecule has 3 unspecified atom stereocenters. The lowest BCUT2D eigenvalue weighted by Crippen LogP contribution is -2.53. The van der Waals surface area contributed by atoms with Gasteiger partial charge >= 0.3 is 0 Å². The first-order valence-corrected chi connectivity index (χ1v) is 9.56. The molecule has 21 heavy (non-hydrogen) atoms. The number of primary sulfonamides is 1. The van der Waals surface area contributed by atoms with Gasteiger partial charge in [-0.15, -0.1) is 0 Å². The van der Waals surface area contributed by atoms with Crippen LogP contribution < -0.4 is 10.5 Å². The molecule has 3 aliphatic rings. The van der Waals surface area contributed by atoms with E-state index in [-0.39, 0.29) is 5.60 Å². The van der Waals surface area contributed by atoms with Crippen LogP contribution in [-0.2, 0) is 19.5 Å². The van der Waals surface area contributed by atoms with E-state index in [1.54, 1.807) is 0 Å². The Morgan fingerprint density at radius 2 is 1.86 bits per heavy atom. The molecule has 1 spiro atoms. The first-order chi connectivity index (χ1) is 9.99. The third-order valence-corrected chi connectivity index (χ3v) is 6.71. The van der Waals surface area contributed by atoms with Crippen molar-refractivity contribution in [3.05, 3.63) is 0 Å². The largest absolute Gasteiger partial charge is 0.381 e. The number of rotatable bonds is 2. The van der Waals surface area contributed by atoms with Crippen LogP contribution in [0.1, 0.15) is 38.5 Å². The number of piperidine rings is 1. The molecule has 3 aliphatic heterocycles. The van der Waals surface area contributed by atoms with Crippen molar-refractivity contribution in [3.8, 4) is 0 Å². The van der Waals surface area contributed by atoms with Crippen LogP contribution >= 0.6 is 0 Å². The summed E-state index contributed by atoms with van der Waals surface area (Å²) in [6.07, 6.45) is 5.64. The molecule has 3 N–H and O–H groups in total. The van der Waals surface area contributed by atoms with Gasteiger partial charge in [-0.3, -0.25) is 0 Å². The Balaban J connectivity index is 1.58. The topological polar surface area (TPSA) is 90.7 Å². The standard InChI is InChI=1S/C14H26N2O4S/c15-21(17,18)12-1-2-13(16-10-12)11-3-6-20-14(9-11)4-7-19-8-5-14/h11-13,16H,1-10H2,(H2,15,17,18). The van der Waals surface area contributed by atoms with Crippen molar-refractivity contribution < 1.29 is 17.9 Å². The van der Waals surface area contributed by atoms with Crippen LogP contribution in [0.3, 0.4) is 0 Å². The van der Waals surface area contributed by atoms with Crippen LogP contribution in [0.25, 0.3) is 0 Å². The van der Waals surface area contributed by atoms with Gasteiger partial charge in [0.2, 0.25) is 10.0 Å². The van der Waals surface area contributed by atoms with Crippen LogP contribution in [0.15, 0.2) is 0 Å². The fourth-order valence-electron chi connectivity index (χ4n) is 4.04. The number of sulfonamides is 1. The van der Waals surface area contributed by atoms with Crippen molar-refractivity contribution in [1.82, 2.24) is 5.32 Å². The molecule has 6 nitrogen and oxygen atoms in total. The van der Waals surface area contributed by atoms with Gasteiger partial charge < -0.3 is 14.8 Å². The summed E-state index contributed by atoms with van der Waals surface area (Å²) in [6, 6.07) is 0.395.